The van der Waals surface area contributed by atoms with Crippen molar-refractivity contribution in [2.24, 2.45) is 22.7 Å². The quantitative estimate of drug-likeness (QED) is 0.268. The summed E-state index contributed by atoms with van der Waals surface area (Å²) < 4.78 is 0. The molecule has 0 aromatic rings. The number of hydrogen-bond acceptors (Lipinski definition) is 3. The predicted octanol–water partition coefficient (Wildman–Crippen LogP) is 1.29. The average Bonchev–Trinajstić information content (AvgIpc) is 3.10. The molecule has 0 aliphatic heterocycles. The van der Waals surface area contributed by atoms with Gasteiger partial charge >= 0.3 is 0 Å². The van der Waals surface area contributed by atoms with Crippen molar-refractivity contribution >= 4 is 5.84 Å². The summed E-state index contributed by atoms with van der Waals surface area (Å²) in [6.45, 7) is 2.06. The number of hydrogen-bond donors (Lipinski definition) is 3. The maximum absolute atomic E-state index is 8.68. The Labute approximate surface area is 90.9 Å². The summed E-state index contributed by atoms with van der Waals surface area (Å²) in [5.41, 5.74) is 5.65. The van der Waals surface area contributed by atoms with Crippen LogP contribution in [-0.2, 0) is 0 Å². The van der Waals surface area contributed by atoms with E-state index in [0.29, 0.717) is 11.9 Å². The molecule has 4 N–H and O–H groups in total. The summed E-state index contributed by atoms with van der Waals surface area (Å²) in [7, 11) is 0. The van der Waals surface area contributed by atoms with Crippen molar-refractivity contribution in [1.82, 2.24) is 5.32 Å². The molecule has 2 fully saturated rings. The van der Waals surface area contributed by atoms with E-state index < -0.39 is 0 Å². The first-order valence-corrected chi connectivity index (χ1v) is 5.99. The van der Waals surface area contributed by atoms with E-state index in [-0.39, 0.29) is 6.04 Å². The molecule has 0 aromatic carbocycles. The van der Waals surface area contributed by atoms with Crippen molar-refractivity contribution in [3.63, 3.8) is 0 Å². The smallest absolute Gasteiger partial charge is 0.156 e. The van der Waals surface area contributed by atoms with Gasteiger partial charge in [-0.1, -0.05) is 12.1 Å². The highest BCUT2D eigenvalue weighted by Crippen LogP contribution is 2.44. The Bertz CT molecular complexity index is 234. The molecule has 2 aliphatic carbocycles. The minimum absolute atomic E-state index is 0.0428. The molecule has 15 heavy (non-hydrogen) atoms. The van der Waals surface area contributed by atoms with E-state index in [1.165, 1.54) is 25.7 Å². The lowest BCUT2D eigenvalue weighted by Gasteiger charge is -2.24. The lowest BCUT2D eigenvalue weighted by molar-refractivity contribution is 0.310. The van der Waals surface area contributed by atoms with Crippen LogP contribution in [0, 0.1) is 11.8 Å². The van der Waals surface area contributed by atoms with E-state index in [1.54, 1.807) is 0 Å². The summed E-state index contributed by atoms with van der Waals surface area (Å²) in [5.74, 6) is 2.01. The Morgan fingerprint density at radius 1 is 1.40 bits per heavy atom. The molecule has 1 unspecified atom stereocenters. The molecule has 0 aromatic heterocycles. The van der Waals surface area contributed by atoms with E-state index in [4.69, 9.17) is 10.9 Å². The van der Waals surface area contributed by atoms with E-state index >= 15 is 0 Å². The lowest BCUT2D eigenvalue weighted by Crippen LogP contribution is -2.48. The largest absolute Gasteiger partial charge is 0.409 e. The molecule has 0 heterocycles. The van der Waals surface area contributed by atoms with Crippen LogP contribution in [0.25, 0.3) is 0 Å². The molecule has 4 heteroatoms. The molecular formula is C11H21N3O. The topological polar surface area (TPSA) is 70.6 Å². The van der Waals surface area contributed by atoms with Crippen LogP contribution in [0.1, 0.15) is 39.0 Å². The number of amidine groups is 1. The SMILES string of the molecule is CCC(NC(C1CC1)C1CC1)C(N)=NO. The summed E-state index contributed by atoms with van der Waals surface area (Å²) in [4.78, 5) is 0. The number of nitrogens with two attached hydrogens (primary N) is 1. The van der Waals surface area contributed by atoms with E-state index in [9.17, 15) is 0 Å². The highest BCUT2D eigenvalue weighted by atomic mass is 16.4. The first kappa shape index (κ1) is 10.7. The van der Waals surface area contributed by atoms with E-state index in [2.05, 4.69) is 17.4 Å². The van der Waals surface area contributed by atoms with Gasteiger partial charge < -0.3 is 16.3 Å². The van der Waals surface area contributed by atoms with Crippen molar-refractivity contribution in [1.29, 1.82) is 0 Å². The van der Waals surface area contributed by atoms with Crippen LogP contribution in [0.2, 0.25) is 0 Å². The third-order valence-corrected chi connectivity index (χ3v) is 3.53. The Morgan fingerprint density at radius 3 is 2.27 bits per heavy atom. The Balaban J connectivity index is 1.91. The van der Waals surface area contributed by atoms with Crippen molar-refractivity contribution in [2.75, 3.05) is 0 Å². The minimum atomic E-state index is 0.0428. The molecule has 0 bridgehead atoms. The summed E-state index contributed by atoms with van der Waals surface area (Å²) in [6, 6.07) is 0.649. The predicted molar refractivity (Wildman–Crippen MR) is 59.9 cm³/mol. The number of nitrogens with one attached hydrogen (secondary N) is 1. The zero-order valence-corrected chi connectivity index (χ0v) is 9.32. The van der Waals surface area contributed by atoms with E-state index in [1.807, 2.05) is 0 Å². The van der Waals surface area contributed by atoms with Gasteiger partial charge in [0.15, 0.2) is 5.84 Å². The van der Waals surface area contributed by atoms with Crippen LogP contribution < -0.4 is 11.1 Å². The van der Waals surface area contributed by atoms with Gasteiger partial charge in [-0.25, -0.2) is 0 Å². The summed E-state index contributed by atoms with van der Waals surface area (Å²) in [5, 5.41) is 15.3. The third kappa shape index (κ3) is 2.62. The summed E-state index contributed by atoms with van der Waals surface area (Å²) >= 11 is 0. The highest BCUT2D eigenvalue weighted by Gasteiger charge is 2.42. The van der Waals surface area contributed by atoms with Gasteiger partial charge in [0.1, 0.15) is 0 Å². The van der Waals surface area contributed by atoms with Gasteiger partial charge in [-0.15, -0.1) is 0 Å². The van der Waals surface area contributed by atoms with Crippen molar-refractivity contribution < 1.29 is 5.21 Å². The van der Waals surface area contributed by atoms with Crippen molar-refractivity contribution in [3.05, 3.63) is 0 Å². The first-order valence-electron chi connectivity index (χ1n) is 5.99. The second kappa shape index (κ2) is 4.39. The highest BCUT2D eigenvalue weighted by molar-refractivity contribution is 5.85. The van der Waals surface area contributed by atoms with Crippen LogP contribution in [0.5, 0.6) is 0 Å². The maximum Gasteiger partial charge on any atom is 0.156 e. The molecule has 0 spiro atoms. The van der Waals surface area contributed by atoms with Gasteiger partial charge in [0.25, 0.3) is 0 Å². The molecule has 1 atom stereocenters. The molecular weight excluding hydrogens is 190 g/mol. The first-order chi connectivity index (χ1) is 7.26. The molecule has 0 saturated heterocycles. The Morgan fingerprint density at radius 2 is 1.93 bits per heavy atom. The Hall–Kier alpha value is -0.770. The van der Waals surface area contributed by atoms with Crippen LogP contribution in [-0.4, -0.2) is 23.1 Å². The van der Waals surface area contributed by atoms with Gasteiger partial charge in [0.2, 0.25) is 0 Å². The monoisotopic (exact) mass is 211 g/mol. The molecule has 4 nitrogen and oxygen atoms in total. The van der Waals surface area contributed by atoms with Gasteiger partial charge in [-0.05, 0) is 43.9 Å². The van der Waals surface area contributed by atoms with Gasteiger partial charge in [-0.2, -0.15) is 0 Å². The molecule has 0 radical (unpaired) electrons. The second-order valence-corrected chi connectivity index (χ2v) is 4.85. The standard InChI is InChI=1S/C11H21N3O/c1-2-9(11(12)14-15)13-10(7-3-4-7)8-5-6-8/h7-10,13,15H,2-6H2,1H3,(H2,12,14). The van der Waals surface area contributed by atoms with Crippen LogP contribution in [0.3, 0.4) is 0 Å². The zero-order chi connectivity index (χ0) is 10.8. The zero-order valence-electron chi connectivity index (χ0n) is 9.32. The second-order valence-electron chi connectivity index (χ2n) is 4.85. The average molecular weight is 211 g/mol. The van der Waals surface area contributed by atoms with Gasteiger partial charge in [-0.3, -0.25) is 0 Å². The van der Waals surface area contributed by atoms with Crippen LogP contribution in [0.15, 0.2) is 5.16 Å². The maximum atomic E-state index is 8.68. The molecule has 0 amide bonds. The molecule has 2 saturated carbocycles. The van der Waals surface area contributed by atoms with Gasteiger partial charge in [0, 0.05) is 6.04 Å². The molecule has 2 aliphatic rings. The molecule has 86 valence electrons. The van der Waals surface area contributed by atoms with Crippen LogP contribution >= 0.6 is 0 Å². The minimum Gasteiger partial charge on any atom is -0.409 e. The third-order valence-electron chi connectivity index (χ3n) is 3.53. The lowest BCUT2D eigenvalue weighted by atomic mass is 10.0. The van der Waals surface area contributed by atoms with Crippen molar-refractivity contribution in [3.8, 4) is 0 Å². The van der Waals surface area contributed by atoms with Crippen LogP contribution in [0.4, 0.5) is 0 Å². The van der Waals surface area contributed by atoms with Crippen molar-refractivity contribution in [2.45, 2.75) is 51.1 Å². The fourth-order valence-electron chi connectivity index (χ4n) is 2.28. The fraction of sp³-hybridized carbons (Fsp3) is 0.909. The van der Waals surface area contributed by atoms with E-state index in [0.717, 1.165) is 18.3 Å². The number of oxime groups is 1. The number of nitrogens with zero attached hydrogens (tertiary/aromatic N) is 1. The normalized spacial score (nSPS) is 24.5. The summed E-state index contributed by atoms with van der Waals surface area (Å²) in [6.07, 6.45) is 6.27. The van der Waals surface area contributed by atoms with Gasteiger partial charge in [0.05, 0.1) is 6.04 Å². The Kier molecular flexibility index (Phi) is 3.14. The fourth-order valence-corrected chi connectivity index (χ4v) is 2.28. The molecule has 2 rings (SSSR count). The number of rotatable bonds is 6.